The van der Waals surface area contributed by atoms with Gasteiger partial charge in [0, 0.05) is 0 Å². The van der Waals surface area contributed by atoms with Crippen molar-refractivity contribution in [1.29, 1.82) is 0 Å². The van der Waals surface area contributed by atoms with Crippen molar-refractivity contribution in [2.75, 3.05) is 13.2 Å². The molecule has 0 N–H and O–H groups in total. The summed E-state index contributed by atoms with van der Waals surface area (Å²) in [7, 11) is 0. The first-order valence-electron chi connectivity index (χ1n) is 8.44. The molecule has 0 radical (unpaired) electrons. The second kappa shape index (κ2) is 9.04. The number of hydrogen-bond acceptors (Lipinski definition) is 2. The molecule has 0 fully saturated rings. The van der Waals surface area contributed by atoms with Crippen molar-refractivity contribution < 1.29 is 9.47 Å². The lowest BCUT2D eigenvalue weighted by Crippen LogP contribution is -1.98. The van der Waals surface area contributed by atoms with Crippen LogP contribution in [0.1, 0.15) is 43.9 Å². The van der Waals surface area contributed by atoms with Crippen LogP contribution in [0.2, 0.25) is 0 Å². The highest BCUT2D eigenvalue weighted by atomic mass is 16.5. The Morgan fingerprint density at radius 2 is 1.48 bits per heavy atom. The van der Waals surface area contributed by atoms with E-state index in [0.29, 0.717) is 13.2 Å². The van der Waals surface area contributed by atoms with E-state index in [2.05, 4.69) is 43.3 Å². The van der Waals surface area contributed by atoms with E-state index in [0.717, 1.165) is 29.9 Å². The van der Waals surface area contributed by atoms with Gasteiger partial charge in [0.2, 0.25) is 0 Å². The van der Waals surface area contributed by atoms with Crippen LogP contribution in [-0.4, -0.2) is 13.2 Å². The van der Waals surface area contributed by atoms with E-state index in [1.54, 1.807) is 0 Å². The first-order chi connectivity index (χ1) is 11.3. The summed E-state index contributed by atoms with van der Waals surface area (Å²) >= 11 is 0. The van der Waals surface area contributed by atoms with Gasteiger partial charge in [0.1, 0.15) is 11.5 Å². The third kappa shape index (κ3) is 4.88. The summed E-state index contributed by atoms with van der Waals surface area (Å²) in [6.45, 7) is 7.48. The Morgan fingerprint density at radius 1 is 0.826 bits per heavy atom. The van der Waals surface area contributed by atoms with Gasteiger partial charge in [0.05, 0.1) is 18.8 Å². The Bertz CT molecular complexity index is 620. The van der Waals surface area contributed by atoms with Crippen molar-refractivity contribution in [2.24, 2.45) is 0 Å². The van der Waals surface area contributed by atoms with Crippen LogP contribution in [0.25, 0.3) is 12.2 Å². The maximum Gasteiger partial charge on any atom is 0.130 e. The maximum atomic E-state index is 5.74. The zero-order chi connectivity index (χ0) is 16.5. The van der Waals surface area contributed by atoms with Crippen LogP contribution < -0.4 is 9.47 Å². The molecule has 0 aliphatic heterocycles. The van der Waals surface area contributed by atoms with Gasteiger partial charge in [-0.3, -0.25) is 0 Å². The van der Waals surface area contributed by atoms with Gasteiger partial charge < -0.3 is 9.47 Å². The molecule has 2 aromatic rings. The summed E-state index contributed by atoms with van der Waals surface area (Å²) in [5.41, 5.74) is 3.57. The Hall–Kier alpha value is -2.22. The van der Waals surface area contributed by atoms with E-state index in [-0.39, 0.29) is 0 Å². The van der Waals surface area contributed by atoms with E-state index in [4.69, 9.17) is 9.47 Å². The molecule has 0 heterocycles. The SMILES string of the molecule is CCCc1cccc(/C=C/c2c(OCC)cccc2OCC)c1. The molecule has 0 bridgehead atoms. The third-order valence-corrected chi connectivity index (χ3v) is 3.56. The van der Waals surface area contributed by atoms with Crippen molar-refractivity contribution in [1.82, 2.24) is 0 Å². The molecule has 0 atom stereocenters. The van der Waals surface area contributed by atoms with Crippen molar-refractivity contribution in [2.45, 2.75) is 33.6 Å². The molecule has 2 aromatic carbocycles. The number of benzene rings is 2. The summed E-state index contributed by atoms with van der Waals surface area (Å²) in [4.78, 5) is 0. The second-order valence-corrected chi connectivity index (χ2v) is 5.36. The first kappa shape index (κ1) is 17.1. The van der Waals surface area contributed by atoms with E-state index in [1.807, 2.05) is 32.0 Å². The van der Waals surface area contributed by atoms with Gasteiger partial charge in [0.15, 0.2) is 0 Å². The molecule has 2 nitrogen and oxygen atoms in total. The molecule has 2 heteroatoms. The Balaban J connectivity index is 2.31. The quantitative estimate of drug-likeness (QED) is 0.590. The highest BCUT2D eigenvalue weighted by Crippen LogP contribution is 2.30. The Labute approximate surface area is 139 Å². The fraction of sp³-hybridized carbons (Fsp3) is 0.333. The molecule has 122 valence electrons. The Morgan fingerprint density at radius 3 is 2.09 bits per heavy atom. The molecule has 0 saturated heterocycles. The van der Waals surface area contributed by atoms with Gasteiger partial charge in [-0.2, -0.15) is 0 Å². The van der Waals surface area contributed by atoms with E-state index >= 15 is 0 Å². The minimum Gasteiger partial charge on any atom is -0.493 e. The maximum absolute atomic E-state index is 5.74. The highest BCUT2D eigenvalue weighted by molar-refractivity contribution is 5.76. The second-order valence-electron chi connectivity index (χ2n) is 5.36. The average molecular weight is 310 g/mol. The summed E-state index contributed by atoms with van der Waals surface area (Å²) in [6.07, 6.45) is 6.48. The summed E-state index contributed by atoms with van der Waals surface area (Å²) in [6, 6.07) is 14.6. The molecule has 23 heavy (non-hydrogen) atoms. The predicted molar refractivity (Wildman–Crippen MR) is 98.1 cm³/mol. The normalized spacial score (nSPS) is 10.9. The summed E-state index contributed by atoms with van der Waals surface area (Å²) in [5.74, 6) is 1.72. The monoisotopic (exact) mass is 310 g/mol. The zero-order valence-electron chi connectivity index (χ0n) is 14.3. The first-order valence-corrected chi connectivity index (χ1v) is 8.44. The molecular weight excluding hydrogens is 284 g/mol. The lowest BCUT2D eigenvalue weighted by atomic mass is 10.1. The number of aryl methyl sites for hydroxylation is 1. The van der Waals surface area contributed by atoms with Crippen LogP contribution in [0.4, 0.5) is 0 Å². The predicted octanol–water partition coefficient (Wildman–Crippen LogP) is 5.61. The van der Waals surface area contributed by atoms with Gasteiger partial charge in [0.25, 0.3) is 0 Å². The van der Waals surface area contributed by atoms with E-state index in [1.165, 1.54) is 11.1 Å². The van der Waals surface area contributed by atoms with Crippen molar-refractivity contribution in [3.8, 4) is 11.5 Å². The fourth-order valence-electron chi connectivity index (χ4n) is 2.57. The fourth-order valence-corrected chi connectivity index (χ4v) is 2.57. The molecule has 0 aromatic heterocycles. The van der Waals surface area contributed by atoms with Crippen LogP contribution in [0.3, 0.4) is 0 Å². The summed E-state index contributed by atoms with van der Waals surface area (Å²) < 4.78 is 11.5. The zero-order valence-corrected chi connectivity index (χ0v) is 14.3. The number of hydrogen-bond donors (Lipinski definition) is 0. The van der Waals surface area contributed by atoms with Crippen molar-refractivity contribution >= 4 is 12.2 Å². The standard InChI is InChI=1S/C21H26O2/c1-4-9-17-10-7-11-18(16-17)14-15-19-20(22-5-2)12-8-13-21(19)23-6-3/h7-8,10-16H,4-6,9H2,1-3H3/b15-14+. The molecule has 0 aliphatic carbocycles. The van der Waals surface area contributed by atoms with Gasteiger partial charge in [-0.1, -0.05) is 49.8 Å². The third-order valence-electron chi connectivity index (χ3n) is 3.56. The van der Waals surface area contributed by atoms with E-state index in [9.17, 15) is 0 Å². The van der Waals surface area contributed by atoms with Gasteiger partial charge in [-0.25, -0.2) is 0 Å². The highest BCUT2D eigenvalue weighted by Gasteiger charge is 2.07. The average Bonchev–Trinajstić information content (AvgIpc) is 2.55. The Kier molecular flexibility index (Phi) is 6.74. The lowest BCUT2D eigenvalue weighted by molar-refractivity contribution is 0.322. The van der Waals surface area contributed by atoms with Crippen LogP contribution in [-0.2, 0) is 6.42 Å². The number of rotatable bonds is 8. The molecule has 0 unspecified atom stereocenters. The molecular formula is C21H26O2. The molecule has 0 amide bonds. The smallest absolute Gasteiger partial charge is 0.130 e. The molecule has 2 rings (SSSR count). The lowest BCUT2D eigenvalue weighted by Gasteiger charge is -2.12. The van der Waals surface area contributed by atoms with Crippen LogP contribution in [0, 0.1) is 0 Å². The van der Waals surface area contributed by atoms with Gasteiger partial charge in [-0.05, 0) is 49.6 Å². The minimum absolute atomic E-state index is 0.641. The van der Waals surface area contributed by atoms with Crippen LogP contribution in [0.5, 0.6) is 11.5 Å². The van der Waals surface area contributed by atoms with Crippen LogP contribution >= 0.6 is 0 Å². The molecule has 0 spiro atoms. The van der Waals surface area contributed by atoms with Crippen LogP contribution in [0.15, 0.2) is 42.5 Å². The minimum atomic E-state index is 0.641. The topological polar surface area (TPSA) is 18.5 Å². The number of ether oxygens (including phenoxy) is 2. The van der Waals surface area contributed by atoms with Crippen molar-refractivity contribution in [3.05, 3.63) is 59.2 Å². The van der Waals surface area contributed by atoms with Gasteiger partial charge in [-0.15, -0.1) is 0 Å². The largest absolute Gasteiger partial charge is 0.493 e. The molecule has 0 aliphatic rings. The summed E-state index contributed by atoms with van der Waals surface area (Å²) in [5, 5.41) is 0. The molecule has 0 saturated carbocycles. The van der Waals surface area contributed by atoms with Crippen molar-refractivity contribution in [3.63, 3.8) is 0 Å². The van der Waals surface area contributed by atoms with E-state index < -0.39 is 0 Å². The van der Waals surface area contributed by atoms with Gasteiger partial charge >= 0.3 is 0 Å².